The summed E-state index contributed by atoms with van der Waals surface area (Å²) in [5, 5.41) is 11.2. The Morgan fingerprint density at radius 3 is 2.62 bits per heavy atom. The van der Waals surface area contributed by atoms with Gasteiger partial charge in [-0.05, 0) is 45.6 Å². The maximum absolute atomic E-state index is 12.7. The van der Waals surface area contributed by atoms with Crippen LogP contribution in [0.15, 0.2) is 29.4 Å². The highest BCUT2D eigenvalue weighted by atomic mass is 32.2. The van der Waals surface area contributed by atoms with E-state index in [0.717, 1.165) is 12.8 Å². The number of likely N-dealkylation sites (tertiary alicyclic amines) is 1. The van der Waals surface area contributed by atoms with Crippen LogP contribution < -0.4 is 0 Å². The first kappa shape index (κ1) is 21.1. The summed E-state index contributed by atoms with van der Waals surface area (Å²) >= 11 is 0. The molecule has 1 aliphatic rings. The fourth-order valence-electron chi connectivity index (χ4n) is 3.11. The molecule has 1 aromatic carbocycles. The van der Waals surface area contributed by atoms with E-state index in [1.165, 1.54) is 24.4 Å². The summed E-state index contributed by atoms with van der Waals surface area (Å²) in [5.74, 6) is 0.652. The summed E-state index contributed by atoms with van der Waals surface area (Å²) < 4.78 is 18.1. The fourth-order valence-corrected chi connectivity index (χ4v) is 4.42. The second kappa shape index (κ2) is 8.40. The smallest absolute Gasteiger partial charge is 0.410 e. The number of carbonyl (C=O) groups excluding carboxylic acids is 1. The van der Waals surface area contributed by atoms with Gasteiger partial charge in [-0.3, -0.25) is 19.3 Å². The Morgan fingerprint density at radius 1 is 1.31 bits per heavy atom. The molecule has 1 aliphatic heterocycles. The number of amides is 1. The number of hydrogen-bond acceptors (Lipinski definition) is 7. The summed E-state index contributed by atoms with van der Waals surface area (Å²) in [7, 11) is -1.33. The van der Waals surface area contributed by atoms with Gasteiger partial charge in [-0.25, -0.2) is 9.78 Å². The summed E-state index contributed by atoms with van der Waals surface area (Å²) in [4.78, 5) is 32.7. The molecule has 0 spiro atoms. The van der Waals surface area contributed by atoms with E-state index < -0.39 is 21.3 Å². The lowest BCUT2D eigenvalue weighted by atomic mass is 9.99. The van der Waals surface area contributed by atoms with Crippen LogP contribution in [0.5, 0.6) is 0 Å². The van der Waals surface area contributed by atoms with Gasteiger partial charge in [0.1, 0.15) is 10.6 Å². The Hall–Kier alpha value is -2.62. The first-order valence-corrected chi connectivity index (χ1v) is 10.7. The molecule has 2 heterocycles. The number of fused-ring (bicyclic) bond motifs is 1. The van der Waals surface area contributed by atoms with Crippen LogP contribution in [0.3, 0.4) is 0 Å². The van der Waals surface area contributed by atoms with Gasteiger partial charge < -0.3 is 9.64 Å². The number of piperidine rings is 1. The predicted octanol–water partition coefficient (Wildman–Crippen LogP) is 3.29. The summed E-state index contributed by atoms with van der Waals surface area (Å²) in [6.45, 7) is 6.66. The van der Waals surface area contributed by atoms with E-state index in [-0.39, 0.29) is 17.7 Å². The average Bonchev–Trinajstić information content (AvgIpc) is 2.66. The molecule has 1 aromatic heterocycles. The monoisotopic (exact) mass is 420 g/mol. The number of non-ortho nitro benzene ring substituents is 1. The minimum Gasteiger partial charge on any atom is -0.444 e. The van der Waals surface area contributed by atoms with E-state index in [2.05, 4.69) is 9.97 Å². The van der Waals surface area contributed by atoms with Crippen LogP contribution in [0, 0.1) is 16.0 Å². The highest BCUT2D eigenvalue weighted by Crippen LogP contribution is 2.23. The highest BCUT2D eigenvalue weighted by Gasteiger charge is 2.28. The zero-order valence-electron chi connectivity index (χ0n) is 16.7. The average molecular weight is 420 g/mol. The molecule has 1 fully saturated rings. The summed E-state index contributed by atoms with van der Waals surface area (Å²) in [6.07, 6.45) is 2.60. The van der Waals surface area contributed by atoms with Crippen molar-refractivity contribution >= 4 is 33.6 Å². The van der Waals surface area contributed by atoms with Gasteiger partial charge in [-0.2, -0.15) is 0 Å². The van der Waals surface area contributed by atoms with E-state index in [4.69, 9.17) is 4.74 Å². The summed E-state index contributed by atoms with van der Waals surface area (Å²) in [5.41, 5.74) is 0.286. The molecule has 156 valence electrons. The largest absolute Gasteiger partial charge is 0.444 e. The van der Waals surface area contributed by atoms with Crippen LogP contribution in [0.25, 0.3) is 11.0 Å². The number of benzene rings is 1. The highest BCUT2D eigenvalue weighted by molar-refractivity contribution is 7.84. The number of hydrogen-bond donors (Lipinski definition) is 0. The van der Waals surface area contributed by atoms with E-state index in [9.17, 15) is 19.1 Å². The molecule has 1 atom stereocenters. The Bertz CT molecular complexity index is 951. The number of nitrogens with zero attached hydrogens (tertiary/aromatic N) is 4. The molecule has 0 radical (unpaired) electrons. The molecule has 1 amide bonds. The van der Waals surface area contributed by atoms with Crippen molar-refractivity contribution in [3.63, 3.8) is 0 Å². The van der Waals surface area contributed by atoms with Crippen molar-refractivity contribution < 1.29 is 18.7 Å². The number of ether oxygens (including phenoxy) is 1. The topological polar surface area (TPSA) is 116 Å². The van der Waals surface area contributed by atoms with Crippen molar-refractivity contribution in [3.8, 4) is 0 Å². The number of nitro groups is 1. The fraction of sp³-hybridized carbons (Fsp3) is 0.526. The van der Waals surface area contributed by atoms with Crippen LogP contribution in [0.1, 0.15) is 33.6 Å². The van der Waals surface area contributed by atoms with Crippen molar-refractivity contribution in [3.05, 3.63) is 34.5 Å². The maximum atomic E-state index is 12.7. The van der Waals surface area contributed by atoms with Crippen molar-refractivity contribution in [2.75, 3.05) is 18.8 Å². The number of aromatic nitrogens is 2. The zero-order valence-corrected chi connectivity index (χ0v) is 17.5. The minimum absolute atomic E-state index is 0.0579. The number of carbonyl (C=O) groups is 1. The normalized spacial score (nSPS) is 16.6. The Morgan fingerprint density at radius 2 is 2.00 bits per heavy atom. The van der Waals surface area contributed by atoms with Crippen LogP contribution in [0.2, 0.25) is 0 Å². The predicted molar refractivity (Wildman–Crippen MR) is 108 cm³/mol. The molecule has 0 bridgehead atoms. The van der Waals surface area contributed by atoms with E-state index in [0.29, 0.717) is 34.9 Å². The zero-order chi connectivity index (χ0) is 21.2. The molecule has 2 aromatic rings. The van der Waals surface area contributed by atoms with E-state index >= 15 is 0 Å². The molecule has 0 saturated carbocycles. The first-order chi connectivity index (χ1) is 13.6. The molecule has 10 heteroatoms. The Labute approximate surface area is 171 Å². The van der Waals surface area contributed by atoms with Crippen molar-refractivity contribution in [1.29, 1.82) is 0 Å². The van der Waals surface area contributed by atoms with Crippen LogP contribution in [-0.4, -0.2) is 54.5 Å². The van der Waals surface area contributed by atoms with Gasteiger partial charge in [0.05, 0.1) is 33.0 Å². The second-order valence-electron chi connectivity index (χ2n) is 8.06. The third-order valence-corrected chi connectivity index (χ3v) is 6.04. The second-order valence-corrected chi connectivity index (χ2v) is 9.50. The Kier molecular flexibility index (Phi) is 6.11. The molecule has 1 saturated heterocycles. The lowest BCUT2D eigenvalue weighted by molar-refractivity contribution is -0.384. The third kappa shape index (κ3) is 5.47. The standard InChI is InChI=1S/C19H24N4O5S/c1-19(2,3)28-18(24)22-8-6-13(7-9-22)12-29(27)17-11-20-16-10-14(23(25)26)4-5-15(16)21-17/h4-5,10-11,13H,6-9,12H2,1-3H3/t29-/m1/s1. The van der Waals surface area contributed by atoms with Crippen molar-refractivity contribution in [2.45, 2.75) is 44.2 Å². The molecule has 3 rings (SSSR count). The van der Waals surface area contributed by atoms with Crippen LogP contribution >= 0.6 is 0 Å². The van der Waals surface area contributed by atoms with E-state index in [1.54, 1.807) is 4.90 Å². The summed E-state index contributed by atoms with van der Waals surface area (Å²) in [6, 6.07) is 4.22. The molecule has 0 unspecified atom stereocenters. The Balaban J connectivity index is 1.59. The number of nitro benzene ring substituents is 1. The van der Waals surface area contributed by atoms with Gasteiger partial charge in [0.25, 0.3) is 5.69 Å². The van der Waals surface area contributed by atoms with Crippen LogP contribution in [0.4, 0.5) is 10.5 Å². The maximum Gasteiger partial charge on any atom is 0.410 e. The van der Waals surface area contributed by atoms with Gasteiger partial charge in [0.2, 0.25) is 0 Å². The van der Waals surface area contributed by atoms with Gasteiger partial charge in [0, 0.05) is 31.0 Å². The van der Waals surface area contributed by atoms with Gasteiger partial charge in [-0.15, -0.1) is 0 Å². The van der Waals surface area contributed by atoms with E-state index in [1.807, 2.05) is 20.8 Å². The lowest BCUT2D eigenvalue weighted by Gasteiger charge is -2.33. The molecule has 0 aliphatic carbocycles. The molecule has 9 nitrogen and oxygen atoms in total. The van der Waals surface area contributed by atoms with Crippen molar-refractivity contribution in [2.24, 2.45) is 5.92 Å². The molecule has 0 N–H and O–H groups in total. The van der Waals surface area contributed by atoms with Gasteiger partial charge in [0.15, 0.2) is 0 Å². The molecular weight excluding hydrogens is 396 g/mol. The van der Waals surface area contributed by atoms with Gasteiger partial charge in [-0.1, -0.05) is 0 Å². The molecule has 29 heavy (non-hydrogen) atoms. The van der Waals surface area contributed by atoms with Crippen LogP contribution in [-0.2, 0) is 15.5 Å². The number of rotatable bonds is 4. The first-order valence-electron chi connectivity index (χ1n) is 9.40. The SMILES string of the molecule is CC(C)(C)OC(=O)N1CCC(C[S@@](=O)c2cnc3cc([N+](=O)[O-])ccc3n2)CC1. The minimum atomic E-state index is -1.33. The van der Waals surface area contributed by atoms with Gasteiger partial charge >= 0.3 is 6.09 Å². The third-order valence-electron chi connectivity index (χ3n) is 4.60. The molecular formula is C19H24N4O5S. The quantitative estimate of drug-likeness (QED) is 0.550. The lowest BCUT2D eigenvalue weighted by Crippen LogP contribution is -2.42. The van der Waals surface area contributed by atoms with Crippen molar-refractivity contribution in [1.82, 2.24) is 14.9 Å².